The van der Waals surface area contributed by atoms with Crippen molar-refractivity contribution in [3.8, 4) is 0 Å². The quantitative estimate of drug-likeness (QED) is 0.635. The Morgan fingerprint density at radius 3 is 2.72 bits per heavy atom. The van der Waals surface area contributed by atoms with Crippen molar-refractivity contribution in [3.63, 3.8) is 0 Å². The molecule has 0 bridgehead atoms. The van der Waals surface area contributed by atoms with Crippen LogP contribution in [0.15, 0.2) is 18.2 Å². The molecule has 0 unspecified atom stereocenters. The second-order valence-corrected chi connectivity index (χ2v) is 4.57. The molecular formula is C12H16FN3O2. The maximum absolute atomic E-state index is 13.1. The Balaban J connectivity index is 2.28. The summed E-state index contributed by atoms with van der Waals surface area (Å²) in [6.07, 6.45) is 1.77. The van der Waals surface area contributed by atoms with E-state index in [2.05, 4.69) is 5.32 Å². The first kappa shape index (κ1) is 12.9. The van der Waals surface area contributed by atoms with Crippen LogP contribution in [0.4, 0.5) is 10.1 Å². The molecule has 1 saturated heterocycles. The molecule has 0 aliphatic carbocycles. The summed E-state index contributed by atoms with van der Waals surface area (Å²) in [7, 11) is 0. The number of nitrogens with two attached hydrogens (primary N) is 1. The Morgan fingerprint density at radius 1 is 1.44 bits per heavy atom. The SMILES string of the molecule is N[C@@H](c1ccc(F)cc1[N+](=O)[O-])C1CCNCC1. The number of benzene rings is 1. The van der Waals surface area contributed by atoms with Crippen LogP contribution in [-0.4, -0.2) is 18.0 Å². The third-order valence-electron chi connectivity index (χ3n) is 3.44. The molecule has 0 radical (unpaired) electrons. The van der Waals surface area contributed by atoms with E-state index < -0.39 is 16.8 Å². The van der Waals surface area contributed by atoms with Crippen molar-refractivity contribution in [2.75, 3.05) is 13.1 Å². The standard InChI is InChI=1S/C12H16FN3O2/c13-9-1-2-10(11(7-9)16(17)18)12(14)8-3-5-15-6-4-8/h1-2,7-8,12,15H,3-6,14H2/t12-/m1/s1. The largest absolute Gasteiger partial charge is 0.323 e. The van der Waals surface area contributed by atoms with Crippen molar-refractivity contribution in [2.24, 2.45) is 11.7 Å². The number of nitrogens with zero attached hydrogens (tertiary/aromatic N) is 1. The van der Waals surface area contributed by atoms with Crippen LogP contribution in [0.1, 0.15) is 24.4 Å². The Hall–Kier alpha value is -1.53. The second-order valence-electron chi connectivity index (χ2n) is 4.57. The molecule has 1 atom stereocenters. The van der Waals surface area contributed by atoms with Crippen molar-refractivity contribution < 1.29 is 9.31 Å². The smallest absolute Gasteiger partial charge is 0.277 e. The number of hydrogen-bond acceptors (Lipinski definition) is 4. The lowest BCUT2D eigenvalue weighted by Crippen LogP contribution is -2.34. The Bertz CT molecular complexity index is 447. The third-order valence-corrected chi connectivity index (χ3v) is 3.44. The Labute approximate surface area is 104 Å². The summed E-state index contributed by atoms with van der Waals surface area (Å²) in [5.74, 6) is -0.404. The number of hydrogen-bond donors (Lipinski definition) is 2. The van der Waals surface area contributed by atoms with E-state index in [1.54, 1.807) is 0 Å². The van der Waals surface area contributed by atoms with Gasteiger partial charge in [-0.15, -0.1) is 0 Å². The van der Waals surface area contributed by atoms with E-state index >= 15 is 0 Å². The number of nitro groups is 1. The minimum Gasteiger partial charge on any atom is -0.323 e. The number of rotatable bonds is 3. The molecule has 1 fully saturated rings. The van der Waals surface area contributed by atoms with Gasteiger partial charge >= 0.3 is 0 Å². The van der Waals surface area contributed by atoms with Gasteiger partial charge < -0.3 is 11.1 Å². The monoisotopic (exact) mass is 253 g/mol. The molecule has 3 N–H and O–H groups in total. The van der Waals surface area contributed by atoms with E-state index in [4.69, 9.17) is 5.73 Å². The normalized spacial score (nSPS) is 18.6. The van der Waals surface area contributed by atoms with Crippen LogP contribution >= 0.6 is 0 Å². The van der Waals surface area contributed by atoms with Gasteiger partial charge in [0, 0.05) is 11.6 Å². The zero-order valence-corrected chi connectivity index (χ0v) is 9.93. The van der Waals surface area contributed by atoms with Crippen LogP contribution < -0.4 is 11.1 Å². The summed E-state index contributed by atoms with van der Waals surface area (Å²) in [4.78, 5) is 10.4. The number of nitrogens with one attached hydrogen (secondary N) is 1. The summed E-state index contributed by atoms with van der Waals surface area (Å²) in [6, 6.07) is 3.19. The molecule has 5 nitrogen and oxygen atoms in total. The average molecular weight is 253 g/mol. The molecule has 1 aromatic rings. The van der Waals surface area contributed by atoms with Gasteiger partial charge in [-0.2, -0.15) is 0 Å². The van der Waals surface area contributed by atoms with Gasteiger partial charge in [0.05, 0.1) is 11.0 Å². The Kier molecular flexibility index (Phi) is 3.88. The Morgan fingerprint density at radius 2 is 2.11 bits per heavy atom. The van der Waals surface area contributed by atoms with Crippen LogP contribution in [0.2, 0.25) is 0 Å². The predicted molar refractivity (Wildman–Crippen MR) is 65.6 cm³/mol. The lowest BCUT2D eigenvalue weighted by Gasteiger charge is -2.28. The number of nitro benzene ring substituents is 1. The topological polar surface area (TPSA) is 81.2 Å². The highest BCUT2D eigenvalue weighted by Gasteiger charge is 2.27. The van der Waals surface area contributed by atoms with Crippen molar-refractivity contribution in [2.45, 2.75) is 18.9 Å². The first-order valence-electron chi connectivity index (χ1n) is 5.99. The maximum atomic E-state index is 13.1. The fourth-order valence-electron chi connectivity index (χ4n) is 2.41. The molecular weight excluding hydrogens is 237 g/mol. The fraction of sp³-hybridized carbons (Fsp3) is 0.500. The predicted octanol–water partition coefficient (Wildman–Crippen LogP) is 1.73. The first-order chi connectivity index (χ1) is 8.59. The first-order valence-corrected chi connectivity index (χ1v) is 5.99. The summed E-state index contributed by atoms with van der Waals surface area (Å²) < 4.78 is 13.1. The highest BCUT2D eigenvalue weighted by atomic mass is 19.1. The second kappa shape index (κ2) is 5.41. The molecule has 98 valence electrons. The lowest BCUT2D eigenvalue weighted by molar-refractivity contribution is -0.386. The van der Waals surface area contributed by atoms with E-state index in [1.165, 1.54) is 12.1 Å². The van der Waals surface area contributed by atoms with Gasteiger partial charge in [-0.25, -0.2) is 4.39 Å². The zero-order valence-electron chi connectivity index (χ0n) is 9.93. The molecule has 2 rings (SSSR count). The molecule has 6 heteroatoms. The van der Waals surface area contributed by atoms with Crippen LogP contribution in [0.3, 0.4) is 0 Å². The molecule has 18 heavy (non-hydrogen) atoms. The summed E-state index contributed by atoms with van der Waals surface area (Å²) in [5.41, 5.74) is 6.31. The van der Waals surface area contributed by atoms with Gasteiger partial charge in [0.2, 0.25) is 0 Å². The van der Waals surface area contributed by atoms with Gasteiger partial charge in [-0.1, -0.05) is 0 Å². The van der Waals surface area contributed by atoms with Gasteiger partial charge in [0.1, 0.15) is 5.82 Å². The van der Waals surface area contributed by atoms with Gasteiger partial charge in [0.25, 0.3) is 5.69 Å². The van der Waals surface area contributed by atoms with E-state index in [-0.39, 0.29) is 11.6 Å². The van der Waals surface area contributed by atoms with Crippen LogP contribution in [0.5, 0.6) is 0 Å². The molecule has 0 amide bonds. The van der Waals surface area contributed by atoms with E-state index in [0.717, 1.165) is 32.0 Å². The molecule has 1 heterocycles. The zero-order chi connectivity index (χ0) is 13.1. The third kappa shape index (κ3) is 2.65. The van der Waals surface area contributed by atoms with E-state index in [1.807, 2.05) is 0 Å². The minimum absolute atomic E-state index is 0.204. The highest BCUT2D eigenvalue weighted by Crippen LogP contribution is 2.32. The van der Waals surface area contributed by atoms with Crippen molar-refractivity contribution in [3.05, 3.63) is 39.7 Å². The summed E-state index contributed by atoms with van der Waals surface area (Å²) in [6.45, 7) is 1.74. The highest BCUT2D eigenvalue weighted by molar-refractivity contribution is 5.42. The maximum Gasteiger partial charge on any atom is 0.277 e. The molecule has 1 aliphatic heterocycles. The van der Waals surface area contributed by atoms with Crippen LogP contribution in [-0.2, 0) is 0 Å². The van der Waals surface area contributed by atoms with Gasteiger partial charge in [-0.3, -0.25) is 10.1 Å². The van der Waals surface area contributed by atoms with Gasteiger partial charge in [-0.05, 0) is 44.0 Å². The number of halogens is 1. The summed E-state index contributed by atoms with van der Waals surface area (Å²) in [5, 5.41) is 14.2. The van der Waals surface area contributed by atoms with E-state index in [9.17, 15) is 14.5 Å². The lowest BCUT2D eigenvalue weighted by atomic mass is 9.86. The molecule has 1 aliphatic rings. The summed E-state index contributed by atoms with van der Waals surface area (Å²) >= 11 is 0. The average Bonchev–Trinajstić information content (AvgIpc) is 2.39. The van der Waals surface area contributed by atoms with Crippen LogP contribution in [0, 0.1) is 21.8 Å². The van der Waals surface area contributed by atoms with Gasteiger partial charge in [0.15, 0.2) is 0 Å². The minimum atomic E-state index is -0.608. The number of piperidine rings is 1. The van der Waals surface area contributed by atoms with Crippen molar-refractivity contribution >= 4 is 5.69 Å². The van der Waals surface area contributed by atoms with Crippen LogP contribution in [0.25, 0.3) is 0 Å². The fourth-order valence-corrected chi connectivity index (χ4v) is 2.41. The van der Waals surface area contributed by atoms with Crippen molar-refractivity contribution in [1.82, 2.24) is 5.32 Å². The molecule has 0 saturated carbocycles. The van der Waals surface area contributed by atoms with E-state index in [0.29, 0.717) is 5.56 Å². The molecule has 1 aromatic carbocycles. The molecule has 0 aromatic heterocycles. The van der Waals surface area contributed by atoms with Crippen molar-refractivity contribution in [1.29, 1.82) is 0 Å². The molecule has 0 spiro atoms.